The molecule has 0 bridgehead atoms. The molecule has 1 heterocycles. The molecule has 0 atom stereocenters. The summed E-state index contributed by atoms with van der Waals surface area (Å²) >= 11 is 0. The molecule has 17 heavy (non-hydrogen) atoms. The van der Waals surface area contributed by atoms with Crippen molar-refractivity contribution in [2.75, 3.05) is 53.0 Å². The molecule has 7 nitrogen and oxygen atoms in total. The van der Waals surface area contributed by atoms with Gasteiger partial charge in [0.05, 0.1) is 13.2 Å². The van der Waals surface area contributed by atoms with E-state index in [0.717, 1.165) is 6.54 Å². The summed E-state index contributed by atoms with van der Waals surface area (Å²) in [6.07, 6.45) is 0. The van der Waals surface area contributed by atoms with Gasteiger partial charge in [0, 0.05) is 39.8 Å². The first-order chi connectivity index (χ1) is 8.24. The van der Waals surface area contributed by atoms with E-state index in [1.165, 1.54) is 0 Å². The third kappa shape index (κ3) is 5.50. The molecule has 7 heteroatoms. The molecule has 1 saturated heterocycles. The van der Waals surface area contributed by atoms with Gasteiger partial charge in [-0.2, -0.15) is 0 Å². The summed E-state index contributed by atoms with van der Waals surface area (Å²) < 4.78 is 4.81. The SMILES string of the molecule is COCCNC(=O)CNCCN1CCNC1=O. The number of nitrogens with zero attached hydrogens (tertiary/aromatic N) is 1. The summed E-state index contributed by atoms with van der Waals surface area (Å²) in [5, 5.41) is 8.41. The molecule has 1 fully saturated rings. The predicted molar refractivity (Wildman–Crippen MR) is 62.7 cm³/mol. The van der Waals surface area contributed by atoms with Crippen molar-refractivity contribution in [2.24, 2.45) is 0 Å². The van der Waals surface area contributed by atoms with Crippen LogP contribution in [0.1, 0.15) is 0 Å². The van der Waals surface area contributed by atoms with Crippen molar-refractivity contribution >= 4 is 11.9 Å². The van der Waals surface area contributed by atoms with E-state index >= 15 is 0 Å². The smallest absolute Gasteiger partial charge is 0.317 e. The molecule has 3 amide bonds. The number of hydrogen-bond acceptors (Lipinski definition) is 4. The molecule has 0 aromatic carbocycles. The van der Waals surface area contributed by atoms with Crippen LogP contribution in [0.4, 0.5) is 4.79 Å². The summed E-state index contributed by atoms with van der Waals surface area (Å²) in [5.41, 5.74) is 0. The summed E-state index contributed by atoms with van der Waals surface area (Å²) in [7, 11) is 1.59. The molecular formula is C10H20N4O3. The molecule has 0 saturated carbocycles. The zero-order chi connectivity index (χ0) is 12.5. The third-order valence-corrected chi connectivity index (χ3v) is 2.42. The van der Waals surface area contributed by atoms with Gasteiger partial charge in [0.15, 0.2) is 0 Å². The largest absolute Gasteiger partial charge is 0.383 e. The Morgan fingerprint density at radius 1 is 1.53 bits per heavy atom. The number of rotatable bonds is 8. The number of urea groups is 1. The summed E-state index contributed by atoms with van der Waals surface area (Å²) in [6, 6.07) is -0.0312. The molecule has 1 rings (SSSR count). The van der Waals surface area contributed by atoms with Gasteiger partial charge in [-0.3, -0.25) is 4.79 Å². The molecule has 0 aromatic rings. The van der Waals surface area contributed by atoms with Crippen LogP contribution in [0.15, 0.2) is 0 Å². The lowest BCUT2D eigenvalue weighted by Gasteiger charge is -2.14. The minimum absolute atomic E-state index is 0.0312. The predicted octanol–water partition coefficient (Wildman–Crippen LogP) is -1.64. The average molecular weight is 244 g/mol. The van der Waals surface area contributed by atoms with E-state index in [4.69, 9.17) is 4.74 Å². The lowest BCUT2D eigenvalue weighted by atomic mass is 10.5. The van der Waals surface area contributed by atoms with Crippen LogP contribution in [-0.2, 0) is 9.53 Å². The average Bonchev–Trinajstić information content (AvgIpc) is 2.71. The monoisotopic (exact) mass is 244 g/mol. The van der Waals surface area contributed by atoms with E-state index in [1.54, 1.807) is 12.0 Å². The number of carbonyl (C=O) groups excluding carboxylic acids is 2. The van der Waals surface area contributed by atoms with E-state index < -0.39 is 0 Å². The van der Waals surface area contributed by atoms with Gasteiger partial charge in [0.25, 0.3) is 0 Å². The summed E-state index contributed by atoms with van der Waals surface area (Å²) in [6.45, 7) is 3.98. The Kier molecular flexibility index (Phi) is 6.34. The molecule has 1 aliphatic rings. The molecule has 98 valence electrons. The van der Waals surface area contributed by atoms with Crippen LogP contribution >= 0.6 is 0 Å². The third-order valence-electron chi connectivity index (χ3n) is 2.42. The van der Waals surface area contributed by atoms with Crippen LogP contribution in [0.25, 0.3) is 0 Å². The number of carbonyl (C=O) groups is 2. The molecule has 0 radical (unpaired) electrons. The van der Waals surface area contributed by atoms with Crippen LogP contribution < -0.4 is 16.0 Å². The standard InChI is InChI=1S/C10H20N4O3/c1-17-7-4-12-9(15)8-11-2-5-14-6-3-13-10(14)16/h11H,2-8H2,1H3,(H,12,15)(H,13,16). The van der Waals surface area contributed by atoms with Crippen LogP contribution in [0.2, 0.25) is 0 Å². The Balaban J connectivity index is 1.96. The molecule has 0 unspecified atom stereocenters. The molecule has 0 aliphatic carbocycles. The number of nitrogens with one attached hydrogen (secondary N) is 3. The zero-order valence-electron chi connectivity index (χ0n) is 10.1. The fourth-order valence-electron chi connectivity index (χ4n) is 1.50. The van der Waals surface area contributed by atoms with Crippen molar-refractivity contribution in [3.8, 4) is 0 Å². The van der Waals surface area contributed by atoms with Gasteiger partial charge in [-0.25, -0.2) is 4.79 Å². The van der Waals surface area contributed by atoms with Crippen LogP contribution in [0.5, 0.6) is 0 Å². The molecule has 0 aromatic heterocycles. The van der Waals surface area contributed by atoms with Crippen molar-refractivity contribution in [3.63, 3.8) is 0 Å². The van der Waals surface area contributed by atoms with Gasteiger partial charge in [-0.05, 0) is 0 Å². The van der Waals surface area contributed by atoms with Crippen molar-refractivity contribution in [2.45, 2.75) is 0 Å². The Labute approximate surface area is 101 Å². The van der Waals surface area contributed by atoms with E-state index in [0.29, 0.717) is 32.8 Å². The fourth-order valence-corrected chi connectivity index (χ4v) is 1.50. The Bertz CT molecular complexity index is 260. The first-order valence-electron chi connectivity index (χ1n) is 5.73. The topological polar surface area (TPSA) is 82.7 Å². The van der Waals surface area contributed by atoms with Crippen LogP contribution in [-0.4, -0.2) is 69.8 Å². The van der Waals surface area contributed by atoms with Gasteiger partial charge in [0.2, 0.25) is 5.91 Å². The molecular weight excluding hydrogens is 224 g/mol. The highest BCUT2D eigenvalue weighted by atomic mass is 16.5. The number of ether oxygens (including phenoxy) is 1. The lowest BCUT2D eigenvalue weighted by Crippen LogP contribution is -2.39. The first kappa shape index (κ1) is 13.7. The first-order valence-corrected chi connectivity index (χ1v) is 5.73. The number of amides is 3. The van der Waals surface area contributed by atoms with Crippen LogP contribution in [0.3, 0.4) is 0 Å². The second-order valence-electron chi connectivity index (χ2n) is 3.74. The second-order valence-corrected chi connectivity index (χ2v) is 3.74. The zero-order valence-corrected chi connectivity index (χ0v) is 10.1. The quantitative estimate of drug-likeness (QED) is 0.447. The number of hydrogen-bond donors (Lipinski definition) is 3. The van der Waals surface area contributed by atoms with Gasteiger partial charge >= 0.3 is 6.03 Å². The van der Waals surface area contributed by atoms with E-state index in [9.17, 15) is 9.59 Å². The highest BCUT2D eigenvalue weighted by molar-refractivity contribution is 5.78. The molecule has 3 N–H and O–H groups in total. The Morgan fingerprint density at radius 2 is 2.35 bits per heavy atom. The molecule has 1 aliphatic heterocycles. The van der Waals surface area contributed by atoms with E-state index in [1.807, 2.05) is 0 Å². The van der Waals surface area contributed by atoms with E-state index in [2.05, 4.69) is 16.0 Å². The van der Waals surface area contributed by atoms with Gasteiger partial charge < -0.3 is 25.6 Å². The summed E-state index contributed by atoms with van der Waals surface area (Å²) in [5.74, 6) is -0.0621. The fraction of sp³-hybridized carbons (Fsp3) is 0.800. The highest BCUT2D eigenvalue weighted by Gasteiger charge is 2.18. The Morgan fingerprint density at radius 3 is 3.00 bits per heavy atom. The summed E-state index contributed by atoms with van der Waals surface area (Å²) in [4.78, 5) is 24.1. The maximum atomic E-state index is 11.3. The van der Waals surface area contributed by atoms with Crippen molar-refractivity contribution in [1.82, 2.24) is 20.9 Å². The minimum Gasteiger partial charge on any atom is -0.383 e. The highest BCUT2D eigenvalue weighted by Crippen LogP contribution is 1.93. The van der Waals surface area contributed by atoms with Crippen LogP contribution in [0, 0.1) is 0 Å². The van der Waals surface area contributed by atoms with Crippen molar-refractivity contribution in [3.05, 3.63) is 0 Å². The van der Waals surface area contributed by atoms with Gasteiger partial charge in [0.1, 0.15) is 0 Å². The van der Waals surface area contributed by atoms with Gasteiger partial charge in [-0.15, -0.1) is 0 Å². The molecule has 0 spiro atoms. The Hall–Kier alpha value is -1.34. The lowest BCUT2D eigenvalue weighted by molar-refractivity contribution is -0.120. The minimum atomic E-state index is -0.0621. The van der Waals surface area contributed by atoms with Crippen molar-refractivity contribution < 1.29 is 14.3 Å². The number of methoxy groups -OCH3 is 1. The maximum Gasteiger partial charge on any atom is 0.317 e. The van der Waals surface area contributed by atoms with E-state index in [-0.39, 0.29) is 18.5 Å². The normalized spacial score (nSPS) is 14.9. The van der Waals surface area contributed by atoms with Gasteiger partial charge in [-0.1, -0.05) is 0 Å². The maximum absolute atomic E-state index is 11.3. The second kappa shape index (κ2) is 7.86. The van der Waals surface area contributed by atoms with Crippen molar-refractivity contribution in [1.29, 1.82) is 0 Å².